The fraction of sp³-hybridized carbons (Fsp3) is 0.667. The third kappa shape index (κ3) is 3.53. The predicted octanol–water partition coefficient (Wildman–Crippen LogP) is 2.10. The number of piperidine rings is 1. The van der Waals surface area contributed by atoms with Crippen LogP contribution < -0.4 is 5.73 Å². The quantitative estimate of drug-likeness (QED) is 0.886. The molecule has 3 nitrogen and oxygen atoms in total. The second-order valence-electron chi connectivity index (χ2n) is 5.88. The fourth-order valence-electron chi connectivity index (χ4n) is 3.19. The molecule has 1 aliphatic rings. The van der Waals surface area contributed by atoms with E-state index in [1.807, 2.05) is 18.5 Å². The Morgan fingerprint density at radius 2 is 2.11 bits per heavy atom. The van der Waals surface area contributed by atoms with Crippen LogP contribution in [0, 0.1) is 11.8 Å². The summed E-state index contributed by atoms with van der Waals surface area (Å²) < 4.78 is 0. The summed E-state index contributed by atoms with van der Waals surface area (Å²) in [6.45, 7) is 8.89. The van der Waals surface area contributed by atoms with Crippen LogP contribution in [0.5, 0.6) is 0 Å². The van der Waals surface area contributed by atoms with Gasteiger partial charge < -0.3 is 10.6 Å². The van der Waals surface area contributed by atoms with E-state index in [4.69, 9.17) is 5.73 Å². The standard InChI is InChI=1S/C15H25N3/c1-12-6-13(2)10-18(9-12)11-15(7-16)14-4-3-5-17-8-14/h3-5,8,12-13,15H,6-7,9-11,16H2,1-2H3. The van der Waals surface area contributed by atoms with Gasteiger partial charge in [-0.1, -0.05) is 19.9 Å². The van der Waals surface area contributed by atoms with E-state index < -0.39 is 0 Å². The van der Waals surface area contributed by atoms with Gasteiger partial charge in [0.25, 0.3) is 0 Å². The van der Waals surface area contributed by atoms with Gasteiger partial charge in [0.2, 0.25) is 0 Å². The molecule has 3 unspecified atom stereocenters. The number of pyridine rings is 1. The van der Waals surface area contributed by atoms with E-state index in [0.717, 1.165) is 18.4 Å². The lowest BCUT2D eigenvalue weighted by atomic mass is 9.90. The van der Waals surface area contributed by atoms with Crippen LogP contribution in [0.15, 0.2) is 24.5 Å². The van der Waals surface area contributed by atoms with Gasteiger partial charge in [0.1, 0.15) is 0 Å². The van der Waals surface area contributed by atoms with Crippen molar-refractivity contribution in [3.8, 4) is 0 Å². The molecule has 2 N–H and O–H groups in total. The van der Waals surface area contributed by atoms with Gasteiger partial charge in [-0.15, -0.1) is 0 Å². The van der Waals surface area contributed by atoms with Crippen molar-refractivity contribution in [3.05, 3.63) is 30.1 Å². The lowest BCUT2D eigenvalue weighted by Crippen LogP contribution is -2.41. The van der Waals surface area contributed by atoms with Crippen LogP contribution >= 0.6 is 0 Å². The minimum Gasteiger partial charge on any atom is -0.330 e. The summed E-state index contributed by atoms with van der Waals surface area (Å²) in [5.41, 5.74) is 7.21. The molecule has 3 heteroatoms. The highest BCUT2D eigenvalue weighted by Gasteiger charge is 2.24. The predicted molar refractivity (Wildman–Crippen MR) is 75.4 cm³/mol. The number of hydrogen-bond acceptors (Lipinski definition) is 3. The van der Waals surface area contributed by atoms with Crippen molar-refractivity contribution >= 4 is 0 Å². The fourth-order valence-corrected chi connectivity index (χ4v) is 3.19. The molecule has 2 rings (SSSR count). The number of likely N-dealkylation sites (tertiary alicyclic amines) is 1. The van der Waals surface area contributed by atoms with Gasteiger partial charge in [-0.2, -0.15) is 0 Å². The molecule has 0 aromatic carbocycles. The maximum atomic E-state index is 5.94. The Balaban J connectivity index is 1.98. The van der Waals surface area contributed by atoms with Crippen molar-refractivity contribution in [2.45, 2.75) is 26.2 Å². The molecule has 1 fully saturated rings. The molecular formula is C15H25N3. The number of nitrogens with two attached hydrogens (primary N) is 1. The molecule has 0 aliphatic carbocycles. The molecule has 1 aliphatic heterocycles. The number of hydrogen-bond donors (Lipinski definition) is 1. The molecule has 0 radical (unpaired) electrons. The van der Waals surface area contributed by atoms with Gasteiger partial charge in [0.15, 0.2) is 0 Å². The molecule has 18 heavy (non-hydrogen) atoms. The summed E-state index contributed by atoms with van der Waals surface area (Å²) >= 11 is 0. The van der Waals surface area contributed by atoms with Gasteiger partial charge in [0, 0.05) is 44.5 Å². The minimum absolute atomic E-state index is 0.413. The number of nitrogens with zero attached hydrogens (tertiary/aromatic N) is 2. The highest BCUT2D eigenvalue weighted by Crippen LogP contribution is 2.23. The van der Waals surface area contributed by atoms with Crippen molar-refractivity contribution in [1.29, 1.82) is 0 Å². The van der Waals surface area contributed by atoms with E-state index >= 15 is 0 Å². The molecule has 0 bridgehead atoms. The van der Waals surface area contributed by atoms with Gasteiger partial charge in [-0.3, -0.25) is 4.98 Å². The molecule has 0 spiro atoms. The Hall–Kier alpha value is -0.930. The second kappa shape index (κ2) is 6.30. The van der Waals surface area contributed by atoms with Crippen LogP contribution in [0.25, 0.3) is 0 Å². The molecule has 1 aromatic rings. The summed E-state index contributed by atoms with van der Waals surface area (Å²) in [5, 5.41) is 0. The topological polar surface area (TPSA) is 42.1 Å². The zero-order valence-corrected chi connectivity index (χ0v) is 11.5. The van der Waals surface area contributed by atoms with Crippen LogP contribution in [0.2, 0.25) is 0 Å². The first-order valence-electron chi connectivity index (χ1n) is 7.01. The zero-order valence-electron chi connectivity index (χ0n) is 11.5. The Labute approximate surface area is 110 Å². The molecular weight excluding hydrogens is 222 g/mol. The lowest BCUT2D eigenvalue weighted by molar-refractivity contribution is 0.134. The van der Waals surface area contributed by atoms with Crippen molar-refractivity contribution < 1.29 is 0 Å². The maximum Gasteiger partial charge on any atom is 0.0303 e. The molecule has 1 saturated heterocycles. The van der Waals surface area contributed by atoms with E-state index in [2.05, 4.69) is 29.8 Å². The first kappa shape index (κ1) is 13.5. The zero-order chi connectivity index (χ0) is 13.0. The molecule has 1 aromatic heterocycles. The Bertz CT molecular complexity index is 342. The highest BCUT2D eigenvalue weighted by atomic mass is 15.1. The Morgan fingerprint density at radius 1 is 1.39 bits per heavy atom. The van der Waals surface area contributed by atoms with Crippen LogP contribution in [-0.2, 0) is 0 Å². The summed E-state index contributed by atoms with van der Waals surface area (Å²) in [6, 6.07) is 4.14. The van der Waals surface area contributed by atoms with Gasteiger partial charge in [0.05, 0.1) is 0 Å². The molecule has 0 saturated carbocycles. The first-order valence-corrected chi connectivity index (χ1v) is 7.01. The summed E-state index contributed by atoms with van der Waals surface area (Å²) in [6.07, 6.45) is 5.13. The second-order valence-corrected chi connectivity index (χ2v) is 5.88. The number of rotatable bonds is 4. The van der Waals surface area contributed by atoms with Gasteiger partial charge >= 0.3 is 0 Å². The maximum absolute atomic E-state index is 5.94. The van der Waals surface area contributed by atoms with Crippen molar-refractivity contribution in [2.75, 3.05) is 26.2 Å². The van der Waals surface area contributed by atoms with E-state index in [1.54, 1.807) is 0 Å². The molecule has 0 amide bonds. The largest absolute Gasteiger partial charge is 0.330 e. The summed E-state index contributed by atoms with van der Waals surface area (Å²) in [5.74, 6) is 2.03. The smallest absolute Gasteiger partial charge is 0.0303 e. The van der Waals surface area contributed by atoms with Crippen LogP contribution in [0.3, 0.4) is 0 Å². The van der Waals surface area contributed by atoms with Crippen LogP contribution in [0.1, 0.15) is 31.7 Å². The number of aromatic nitrogens is 1. The van der Waals surface area contributed by atoms with Gasteiger partial charge in [-0.05, 0) is 29.9 Å². The van der Waals surface area contributed by atoms with Crippen LogP contribution in [-0.4, -0.2) is 36.1 Å². The normalized spacial score (nSPS) is 27.1. The highest BCUT2D eigenvalue weighted by molar-refractivity contribution is 5.15. The SMILES string of the molecule is CC1CC(C)CN(CC(CN)c2cccnc2)C1. The Kier molecular flexibility index (Phi) is 4.72. The van der Waals surface area contributed by atoms with E-state index in [9.17, 15) is 0 Å². The Morgan fingerprint density at radius 3 is 2.67 bits per heavy atom. The molecule has 2 heterocycles. The molecule has 100 valence electrons. The summed E-state index contributed by atoms with van der Waals surface area (Å²) in [7, 11) is 0. The van der Waals surface area contributed by atoms with E-state index in [1.165, 1.54) is 25.1 Å². The van der Waals surface area contributed by atoms with Crippen molar-refractivity contribution in [1.82, 2.24) is 9.88 Å². The average Bonchev–Trinajstić information content (AvgIpc) is 2.36. The minimum atomic E-state index is 0.413. The van der Waals surface area contributed by atoms with Gasteiger partial charge in [-0.25, -0.2) is 0 Å². The van der Waals surface area contributed by atoms with Crippen LogP contribution in [0.4, 0.5) is 0 Å². The monoisotopic (exact) mass is 247 g/mol. The first-order chi connectivity index (χ1) is 8.69. The average molecular weight is 247 g/mol. The third-order valence-corrected chi connectivity index (χ3v) is 3.86. The van der Waals surface area contributed by atoms with E-state index in [-0.39, 0.29) is 0 Å². The lowest BCUT2D eigenvalue weighted by Gasteiger charge is -2.36. The van der Waals surface area contributed by atoms with E-state index in [0.29, 0.717) is 12.5 Å². The van der Waals surface area contributed by atoms with Crippen molar-refractivity contribution in [3.63, 3.8) is 0 Å². The molecule has 3 atom stereocenters. The summed E-state index contributed by atoms with van der Waals surface area (Å²) in [4.78, 5) is 6.78. The van der Waals surface area contributed by atoms with Crippen molar-refractivity contribution in [2.24, 2.45) is 17.6 Å². The third-order valence-electron chi connectivity index (χ3n) is 3.86.